The molecule has 1 aliphatic heterocycles. The smallest absolute Gasteiger partial charge is 0.321 e. The Balaban J connectivity index is 1.24. The molecule has 12 nitrogen and oxygen atoms in total. The summed E-state index contributed by atoms with van der Waals surface area (Å²) in [6, 6.07) is 12.6. The summed E-state index contributed by atoms with van der Waals surface area (Å²) in [6.45, 7) is 0.995. The molecule has 0 unspecified atom stereocenters. The minimum absolute atomic E-state index is 0.0332. The van der Waals surface area contributed by atoms with Gasteiger partial charge in [-0.2, -0.15) is 4.31 Å². The number of carbonyl (C=O) groups is 1. The number of piperidine rings is 1. The van der Waals surface area contributed by atoms with E-state index in [9.17, 15) is 40.6 Å². The van der Waals surface area contributed by atoms with E-state index in [1.807, 2.05) is 0 Å². The molecule has 16 heteroatoms. The molecule has 1 aliphatic rings. The minimum atomic E-state index is -3.79. The number of aliphatic hydroxyl groups is 1. The molecular weight excluding hydrogens is 644 g/mol. The van der Waals surface area contributed by atoms with Crippen LogP contribution < -0.4 is 15.4 Å². The zero-order valence-electron chi connectivity index (χ0n) is 25.3. The van der Waals surface area contributed by atoms with Gasteiger partial charge in [0.1, 0.15) is 17.4 Å². The molecule has 4 rings (SSSR count). The highest BCUT2D eigenvalue weighted by atomic mass is 32.2. The van der Waals surface area contributed by atoms with E-state index >= 15 is 0 Å². The van der Waals surface area contributed by atoms with Crippen LogP contribution in [-0.4, -0.2) is 81.8 Å². The number of hydrogen-bond acceptors (Lipinski definition) is 8. The fraction of sp³-hybridized carbons (Fsp3) is 0.367. The second-order valence-corrected chi connectivity index (χ2v) is 14.9. The molecule has 0 aliphatic carbocycles. The van der Waals surface area contributed by atoms with E-state index in [1.54, 1.807) is 0 Å². The molecule has 0 spiro atoms. The summed E-state index contributed by atoms with van der Waals surface area (Å²) in [5, 5.41) is 26.2. The van der Waals surface area contributed by atoms with E-state index in [4.69, 9.17) is 0 Å². The van der Waals surface area contributed by atoms with Crippen molar-refractivity contribution >= 4 is 37.5 Å². The number of aromatic hydroxyl groups is 1. The van der Waals surface area contributed by atoms with Gasteiger partial charge in [-0.05, 0) is 79.4 Å². The average Bonchev–Trinajstić information content (AvgIpc) is 3.00. The van der Waals surface area contributed by atoms with Crippen molar-refractivity contribution in [3.05, 3.63) is 83.4 Å². The van der Waals surface area contributed by atoms with Crippen molar-refractivity contribution in [3.8, 4) is 5.75 Å². The molecule has 1 atom stereocenters. The Morgan fingerprint density at radius 2 is 1.65 bits per heavy atom. The first-order chi connectivity index (χ1) is 21.6. The number of halogens is 2. The molecule has 2 amide bonds. The number of benzene rings is 3. The maximum atomic E-state index is 13.9. The summed E-state index contributed by atoms with van der Waals surface area (Å²) < 4.78 is 81.0. The first-order valence-electron chi connectivity index (χ1n) is 14.4. The van der Waals surface area contributed by atoms with Crippen LogP contribution in [0.1, 0.15) is 30.1 Å². The van der Waals surface area contributed by atoms with Gasteiger partial charge in [0.25, 0.3) is 0 Å². The Morgan fingerprint density at radius 3 is 2.26 bits per heavy atom. The Hall–Kier alpha value is -3.83. The summed E-state index contributed by atoms with van der Waals surface area (Å²) >= 11 is 0. The molecule has 250 valence electrons. The van der Waals surface area contributed by atoms with Crippen molar-refractivity contribution in [2.75, 3.05) is 49.5 Å². The lowest BCUT2D eigenvalue weighted by Gasteiger charge is -2.31. The van der Waals surface area contributed by atoms with Crippen molar-refractivity contribution in [3.63, 3.8) is 0 Å². The van der Waals surface area contributed by atoms with Gasteiger partial charge >= 0.3 is 6.03 Å². The fourth-order valence-electron chi connectivity index (χ4n) is 5.01. The van der Waals surface area contributed by atoms with E-state index in [1.165, 1.54) is 59.9 Å². The fourth-order valence-corrected chi connectivity index (χ4v) is 7.04. The van der Waals surface area contributed by atoms with Gasteiger partial charge in [0.2, 0.25) is 20.0 Å². The highest BCUT2D eigenvalue weighted by molar-refractivity contribution is 7.92. The van der Waals surface area contributed by atoms with Crippen LogP contribution in [0, 0.1) is 17.6 Å². The monoisotopic (exact) mass is 681 g/mol. The largest absolute Gasteiger partial charge is 0.506 e. The van der Waals surface area contributed by atoms with Gasteiger partial charge in [-0.1, -0.05) is 12.1 Å². The third-order valence-electron chi connectivity index (χ3n) is 7.59. The molecule has 46 heavy (non-hydrogen) atoms. The van der Waals surface area contributed by atoms with Gasteiger partial charge in [-0.25, -0.2) is 30.4 Å². The number of carbonyl (C=O) groups excluding carboxylic acids is 1. The highest BCUT2D eigenvalue weighted by Crippen LogP contribution is 2.28. The van der Waals surface area contributed by atoms with E-state index in [2.05, 4.69) is 15.4 Å². The number of sulfonamides is 2. The van der Waals surface area contributed by atoms with Crippen LogP contribution in [0.2, 0.25) is 0 Å². The van der Waals surface area contributed by atoms with E-state index in [-0.39, 0.29) is 40.9 Å². The van der Waals surface area contributed by atoms with Crippen LogP contribution >= 0.6 is 0 Å². The van der Waals surface area contributed by atoms with Gasteiger partial charge < -0.3 is 25.7 Å². The molecule has 1 fully saturated rings. The number of hydrogen-bond donors (Lipinski definition) is 5. The van der Waals surface area contributed by atoms with Crippen molar-refractivity contribution in [2.45, 2.75) is 30.4 Å². The molecular formula is C30H37F2N5O7S2. The van der Waals surface area contributed by atoms with Crippen LogP contribution in [0.15, 0.2) is 65.6 Å². The Labute approximate surface area is 267 Å². The number of amides is 2. The summed E-state index contributed by atoms with van der Waals surface area (Å²) in [7, 11) is -6.03. The number of nitrogens with zero attached hydrogens (tertiary/aromatic N) is 2. The van der Waals surface area contributed by atoms with Crippen LogP contribution in [0.25, 0.3) is 0 Å². The summed E-state index contributed by atoms with van der Waals surface area (Å²) in [6.07, 6.45) is 1.17. The zero-order valence-corrected chi connectivity index (χ0v) is 26.9. The third-order valence-corrected chi connectivity index (χ3v) is 10.1. The third kappa shape index (κ3) is 9.13. The number of aliphatic hydroxyl groups excluding tert-OH is 1. The molecule has 3 aromatic rings. The lowest BCUT2D eigenvalue weighted by Crippen LogP contribution is -2.41. The SMILES string of the molecule is CN(Cc1c(F)cccc1F)C(=O)Nc1ccc(S(=O)(=O)N2CCC(CNC[C@H](O)c3ccc(O)c(NS(C)(=O)=O)c3)CC2)cc1. The van der Waals surface area contributed by atoms with Crippen molar-refractivity contribution in [2.24, 2.45) is 5.92 Å². The summed E-state index contributed by atoms with van der Waals surface area (Å²) in [4.78, 5) is 13.7. The second kappa shape index (κ2) is 14.7. The van der Waals surface area contributed by atoms with E-state index < -0.39 is 43.8 Å². The topological polar surface area (TPSA) is 168 Å². The van der Waals surface area contributed by atoms with Crippen molar-refractivity contribution in [1.82, 2.24) is 14.5 Å². The Morgan fingerprint density at radius 1 is 1.02 bits per heavy atom. The molecule has 3 aromatic carbocycles. The van der Waals surface area contributed by atoms with Gasteiger partial charge in [0, 0.05) is 37.9 Å². The predicted molar refractivity (Wildman–Crippen MR) is 169 cm³/mol. The Bertz CT molecular complexity index is 1730. The zero-order chi connectivity index (χ0) is 33.6. The molecule has 0 aromatic heterocycles. The first kappa shape index (κ1) is 35.0. The molecule has 0 bridgehead atoms. The van der Waals surface area contributed by atoms with Crippen molar-refractivity contribution in [1.29, 1.82) is 0 Å². The van der Waals surface area contributed by atoms with Crippen molar-refractivity contribution < 1.29 is 40.6 Å². The summed E-state index contributed by atoms with van der Waals surface area (Å²) in [5.74, 6) is -1.63. The number of phenols is 1. The quantitative estimate of drug-likeness (QED) is 0.181. The number of anilines is 2. The Kier molecular flexibility index (Phi) is 11.2. The maximum absolute atomic E-state index is 13.9. The molecule has 1 saturated heterocycles. The number of rotatable bonds is 12. The van der Waals surface area contributed by atoms with Gasteiger partial charge in [-0.15, -0.1) is 0 Å². The lowest BCUT2D eigenvalue weighted by atomic mass is 9.98. The molecule has 0 radical (unpaired) electrons. The van der Waals surface area contributed by atoms with Gasteiger partial charge in [-0.3, -0.25) is 4.72 Å². The summed E-state index contributed by atoms with van der Waals surface area (Å²) in [5.41, 5.74) is 0.446. The standard InChI is InChI=1S/C30H37F2N5O7S2/c1-36(19-24-25(31)4-3-5-26(24)32)30(40)34-22-7-9-23(10-8-22)46(43,44)37-14-12-20(13-15-37)17-33-18-29(39)21-6-11-28(38)27(16-21)35-45(2,41)42/h3-11,16,20,29,33,35,38-39H,12-15,17-19H2,1-2H3,(H,34,40)/t29-/m0/s1. The van der Waals surface area contributed by atoms with Crippen LogP contribution in [0.5, 0.6) is 5.75 Å². The van der Waals surface area contributed by atoms with E-state index in [0.717, 1.165) is 23.3 Å². The predicted octanol–water partition coefficient (Wildman–Crippen LogP) is 3.43. The maximum Gasteiger partial charge on any atom is 0.321 e. The number of nitrogens with one attached hydrogen (secondary N) is 3. The van der Waals surface area contributed by atoms with E-state index in [0.29, 0.717) is 43.7 Å². The normalized spacial score (nSPS) is 15.3. The van der Waals surface area contributed by atoms with Crippen LogP contribution in [-0.2, 0) is 26.6 Å². The average molecular weight is 682 g/mol. The number of urea groups is 1. The minimum Gasteiger partial charge on any atom is -0.506 e. The molecule has 5 N–H and O–H groups in total. The van der Waals surface area contributed by atoms with Gasteiger partial charge in [0.15, 0.2) is 0 Å². The van der Waals surface area contributed by atoms with Crippen LogP contribution in [0.4, 0.5) is 25.0 Å². The second-order valence-electron chi connectivity index (χ2n) is 11.2. The lowest BCUT2D eigenvalue weighted by molar-refractivity contribution is 0.169. The first-order valence-corrected chi connectivity index (χ1v) is 17.7. The number of phenolic OH excluding ortho intramolecular Hbond substituents is 1. The molecule has 0 saturated carbocycles. The van der Waals surface area contributed by atoms with Crippen LogP contribution in [0.3, 0.4) is 0 Å². The highest BCUT2D eigenvalue weighted by Gasteiger charge is 2.29. The molecule has 1 heterocycles. The van der Waals surface area contributed by atoms with Gasteiger partial charge in [0.05, 0.1) is 29.5 Å².